The maximum atomic E-state index is 13.0. The van der Waals surface area contributed by atoms with E-state index in [0.29, 0.717) is 12.4 Å². The van der Waals surface area contributed by atoms with Crippen LogP contribution >= 0.6 is 0 Å². The van der Waals surface area contributed by atoms with E-state index in [4.69, 9.17) is 10.5 Å². The summed E-state index contributed by atoms with van der Waals surface area (Å²) in [5.74, 6) is 0.370. The molecule has 5 nitrogen and oxygen atoms in total. The summed E-state index contributed by atoms with van der Waals surface area (Å²) >= 11 is 0. The topological polar surface area (TPSA) is 70.1 Å². The minimum Gasteiger partial charge on any atom is -0.382 e. The van der Waals surface area contributed by atoms with Crippen LogP contribution in [-0.4, -0.2) is 22.3 Å². The molecule has 1 atom stereocenters. The van der Waals surface area contributed by atoms with E-state index in [1.54, 1.807) is 0 Å². The second-order valence-electron chi connectivity index (χ2n) is 5.97. The third-order valence-electron chi connectivity index (χ3n) is 4.64. The summed E-state index contributed by atoms with van der Waals surface area (Å²) in [4.78, 5) is 13.0. The number of rotatable bonds is 1. The lowest BCUT2D eigenvalue weighted by atomic mass is 9.95. The van der Waals surface area contributed by atoms with Gasteiger partial charge in [-0.15, -0.1) is 5.10 Å². The molecule has 2 aromatic rings. The molecule has 2 heterocycles. The number of carbonyl (C=O) groups is 1. The Hall–Kier alpha value is -2.14. The van der Waals surface area contributed by atoms with Crippen LogP contribution in [0.1, 0.15) is 46.1 Å². The van der Waals surface area contributed by atoms with Gasteiger partial charge >= 0.3 is 0 Å². The molecule has 0 amide bonds. The Morgan fingerprint density at radius 3 is 2.95 bits per heavy atom. The zero-order valence-electron chi connectivity index (χ0n) is 12.4. The van der Waals surface area contributed by atoms with Crippen molar-refractivity contribution in [1.82, 2.24) is 9.78 Å². The van der Waals surface area contributed by atoms with Crippen molar-refractivity contribution >= 4 is 11.7 Å². The molecule has 1 aromatic carbocycles. The fourth-order valence-electron chi connectivity index (χ4n) is 3.52. The highest BCUT2D eigenvalue weighted by Crippen LogP contribution is 2.31. The minimum absolute atomic E-state index is 0.123. The number of nitrogens with zero attached hydrogens (tertiary/aromatic N) is 2. The van der Waals surface area contributed by atoms with Crippen LogP contribution in [-0.2, 0) is 24.0 Å². The number of fused-ring (bicyclic) bond motifs is 2. The van der Waals surface area contributed by atoms with Gasteiger partial charge < -0.3 is 10.5 Å². The summed E-state index contributed by atoms with van der Waals surface area (Å²) in [6.45, 7) is 0.562. The highest BCUT2D eigenvalue weighted by atomic mass is 16.5. The molecule has 0 bridgehead atoms. The van der Waals surface area contributed by atoms with E-state index >= 15 is 0 Å². The number of nitrogens with two attached hydrogens (primary N) is 1. The lowest BCUT2D eigenvalue weighted by molar-refractivity contribution is 0.0256. The first-order chi connectivity index (χ1) is 10.8. The largest absolute Gasteiger partial charge is 0.382 e. The molecule has 5 heteroatoms. The fraction of sp³-hybridized carbons (Fsp3) is 0.412. The molecular formula is C17H19N3O2. The third kappa shape index (κ3) is 2.04. The van der Waals surface area contributed by atoms with Gasteiger partial charge in [0.1, 0.15) is 5.82 Å². The van der Waals surface area contributed by atoms with Crippen molar-refractivity contribution in [1.29, 1.82) is 0 Å². The Balaban J connectivity index is 1.74. The summed E-state index contributed by atoms with van der Waals surface area (Å²) in [6.07, 6.45) is 4.23. The number of benzene rings is 1. The SMILES string of the molecule is Nc1nn(C(=O)C2OCCc3ccccc32)c2c1CCCC2. The Bertz CT molecular complexity index is 736. The van der Waals surface area contributed by atoms with Gasteiger partial charge in [-0.25, -0.2) is 0 Å². The first-order valence-electron chi connectivity index (χ1n) is 7.85. The Morgan fingerprint density at radius 2 is 2.05 bits per heavy atom. The molecule has 114 valence electrons. The van der Waals surface area contributed by atoms with Crippen LogP contribution in [0.15, 0.2) is 24.3 Å². The van der Waals surface area contributed by atoms with Crippen molar-refractivity contribution < 1.29 is 9.53 Å². The second-order valence-corrected chi connectivity index (χ2v) is 5.97. The number of aromatic nitrogens is 2. The van der Waals surface area contributed by atoms with Crippen molar-refractivity contribution in [2.24, 2.45) is 0 Å². The second kappa shape index (κ2) is 5.25. The quantitative estimate of drug-likeness (QED) is 0.877. The number of carbonyl (C=O) groups excluding carboxylic acids is 1. The molecule has 0 fully saturated rings. The smallest absolute Gasteiger partial charge is 0.280 e. The number of anilines is 1. The summed E-state index contributed by atoms with van der Waals surface area (Å²) in [7, 11) is 0. The summed E-state index contributed by atoms with van der Waals surface area (Å²) < 4.78 is 7.27. The van der Waals surface area contributed by atoms with Gasteiger partial charge in [0, 0.05) is 5.56 Å². The van der Waals surface area contributed by atoms with Gasteiger partial charge in [-0.2, -0.15) is 4.68 Å². The van der Waals surface area contributed by atoms with Gasteiger partial charge in [0.05, 0.1) is 12.3 Å². The summed E-state index contributed by atoms with van der Waals surface area (Å²) in [5.41, 5.74) is 10.2. The average Bonchev–Trinajstić information content (AvgIpc) is 2.91. The predicted molar refractivity (Wildman–Crippen MR) is 82.7 cm³/mol. The van der Waals surface area contributed by atoms with Gasteiger partial charge in [-0.05, 0) is 43.2 Å². The molecule has 0 saturated heterocycles. The molecule has 1 aliphatic heterocycles. The number of ether oxygens (including phenoxy) is 1. The van der Waals surface area contributed by atoms with Crippen molar-refractivity contribution in [3.63, 3.8) is 0 Å². The van der Waals surface area contributed by atoms with E-state index < -0.39 is 6.10 Å². The number of nitrogen functional groups attached to an aromatic ring is 1. The predicted octanol–water partition coefficient (Wildman–Crippen LogP) is 2.30. The molecule has 22 heavy (non-hydrogen) atoms. The van der Waals surface area contributed by atoms with E-state index in [9.17, 15) is 4.79 Å². The maximum Gasteiger partial charge on any atom is 0.280 e. The summed E-state index contributed by atoms with van der Waals surface area (Å²) in [6, 6.07) is 7.97. The van der Waals surface area contributed by atoms with Crippen LogP contribution in [0.3, 0.4) is 0 Å². The van der Waals surface area contributed by atoms with Crippen molar-refractivity contribution in [2.45, 2.75) is 38.2 Å². The standard InChI is InChI=1S/C17H19N3O2/c18-16-13-7-3-4-8-14(13)20(19-16)17(21)15-12-6-2-1-5-11(12)9-10-22-15/h1-2,5-6,15H,3-4,7-10H2,(H2,18,19). The molecule has 1 aromatic heterocycles. The van der Waals surface area contributed by atoms with Crippen molar-refractivity contribution in [2.75, 3.05) is 12.3 Å². The molecule has 0 radical (unpaired) electrons. The monoisotopic (exact) mass is 297 g/mol. The van der Waals surface area contributed by atoms with E-state index in [1.807, 2.05) is 18.2 Å². The number of hydrogen-bond acceptors (Lipinski definition) is 4. The molecule has 1 aliphatic carbocycles. The van der Waals surface area contributed by atoms with Crippen molar-refractivity contribution in [3.8, 4) is 0 Å². The van der Waals surface area contributed by atoms with Crippen LogP contribution in [0.2, 0.25) is 0 Å². The zero-order chi connectivity index (χ0) is 15.1. The third-order valence-corrected chi connectivity index (χ3v) is 4.64. The molecular weight excluding hydrogens is 278 g/mol. The first kappa shape index (κ1) is 13.5. The molecule has 0 spiro atoms. The van der Waals surface area contributed by atoms with Crippen LogP contribution in [0.25, 0.3) is 0 Å². The van der Waals surface area contributed by atoms with Crippen molar-refractivity contribution in [3.05, 3.63) is 46.6 Å². The normalized spacial score (nSPS) is 20.3. The Kier molecular flexibility index (Phi) is 3.22. The lowest BCUT2D eigenvalue weighted by Gasteiger charge is -2.25. The maximum absolute atomic E-state index is 13.0. The van der Waals surface area contributed by atoms with E-state index in [-0.39, 0.29) is 5.91 Å². The Labute approximate surface area is 129 Å². The Morgan fingerprint density at radius 1 is 1.23 bits per heavy atom. The molecule has 2 N–H and O–H groups in total. The average molecular weight is 297 g/mol. The van der Waals surface area contributed by atoms with Crippen LogP contribution in [0, 0.1) is 0 Å². The first-order valence-corrected chi connectivity index (χ1v) is 7.85. The van der Waals surface area contributed by atoms with Gasteiger partial charge in [0.25, 0.3) is 5.91 Å². The molecule has 0 saturated carbocycles. The van der Waals surface area contributed by atoms with Crippen LogP contribution in [0.5, 0.6) is 0 Å². The molecule has 1 unspecified atom stereocenters. The highest BCUT2D eigenvalue weighted by Gasteiger charge is 2.32. The van der Waals surface area contributed by atoms with Gasteiger partial charge in [0.2, 0.25) is 0 Å². The molecule has 2 aliphatic rings. The zero-order valence-corrected chi connectivity index (χ0v) is 12.4. The summed E-state index contributed by atoms with van der Waals surface area (Å²) in [5, 5.41) is 4.31. The highest BCUT2D eigenvalue weighted by molar-refractivity contribution is 5.86. The van der Waals surface area contributed by atoms with E-state index in [1.165, 1.54) is 10.2 Å². The lowest BCUT2D eigenvalue weighted by Crippen LogP contribution is -2.29. The van der Waals surface area contributed by atoms with Crippen LogP contribution < -0.4 is 5.73 Å². The van der Waals surface area contributed by atoms with Gasteiger partial charge in [0.15, 0.2) is 6.10 Å². The van der Waals surface area contributed by atoms with E-state index in [0.717, 1.165) is 48.9 Å². The molecule has 4 rings (SSSR count). The van der Waals surface area contributed by atoms with Crippen LogP contribution in [0.4, 0.5) is 5.82 Å². The van der Waals surface area contributed by atoms with E-state index in [2.05, 4.69) is 11.2 Å². The van der Waals surface area contributed by atoms with Gasteiger partial charge in [-0.1, -0.05) is 24.3 Å². The fourth-order valence-corrected chi connectivity index (χ4v) is 3.52. The number of hydrogen-bond donors (Lipinski definition) is 1. The minimum atomic E-state index is -0.574. The van der Waals surface area contributed by atoms with Gasteiger partial charge in [-0.3, -0.25) is 4.79 Å².